The van der Waals surface area contributed by atoms with E-state index in [1.54, 1.807) is 13.1 Å². The maximum atomic E-state index is 13.1. The van der Waals surface area contributed by atoms with Gasteiger partial charge < -0.3 is 5.11 Å². The van der Waals surface area contributed by atoms with Gasteiger partial charge in [0, 0.05) is 12.6 Å². The maximum Gasteiger partial charge on any atom is 0.416 e. The van der Waals surface area contributed by atoms with Crippen molar-refractivity contribution < 1.29 is 23.1 Å². The monoisotopic (exact) mass is 344 g/mol. The SMILES string of the molecule is CN(CC(=O)O)C1CCCN(Cc2ccccc2C(F)(F)F)CC1. The van der Waals surface area contributed by atoms with E-state index in [1.165, 1.54) is 12.1 Å². The average molecular weight is 344 g/mol. The number of aliphatic carboxylic acids is 1. The fraction of sp³-hybridized carbons (Fsp3) is 0.588. The Kier molecular flexibility index (Phi) is 6.23. The number of likely N-dealkylation sites (N-methyl/N-ethyl adjacent to an activating group) is 1. The molecule has 1 aliphatic heterocycles. The van der Waals surface area contributed by atoms with E-state index in [9.17, 15) is 18.0 Å². The van der Waals surface area contributed by atoms with Crippen LogP contribution in [0.25, 0.3) is 0 Å². The first-order chi connectivity index (χ1) is 11.3. The summed E-state index contributed by atoms with van der Waals surface area (Å²) in [6, 6.07) is 5.85. The number of likely N-dealkylation sites (tertiary alicyclic amines) is 1. The summed E-state index contributed by atoms with van der Waals surface area (Å²) in [6.45, 7) is 1.65. The highest BCUT2D eigenvalue weighted by Gasteiger charge is 2.33. The molecule has 0 spiro atoms. The van der Waals surface area contributed by atoms with Gasteiger partial charge in [-0.1, -0.05) is 18.2 Å². The molecule has 4 nitrogen and oxygen atoms in total. The second kappa shape index (κ2) is 7.98. The van der Waals surface area contributed by atoms with Gasteiger partial charge in [0.15, 0.2) is 0 Å². The third-order valence-corrected chi connectivity index (χ3v) is 4.51. The highest BCUT2D eigenvalue weighted by atomic mass is 19.4. The van der Waals surface area contributed by atoms with Crippen molar-refractivity contribution in [2.24, 2.45) is 0 Å². The predicted octanol–water partition coefficient (Wildman–Crippen LogP) is 3.08. The van der Waals surface area contributed by atoms with Crippen molar-refractivity contribution in [3.05, 3.63) is 35.4 Å². The average Bonchev–Trinajstić information content (AvgIpc) is 2.72. The third-order valence-electron chi connectivity index (χ3n) is 4.51. The lowest BCUT2D eigenvalue weighted by Crippen LogP contribution is -2.36. The molecule has 1 N–H and O–H groups in total. The minimum Gasteiger partial charge on any atom is -0.480 e. The molecule has 1 fully saturated rings. The van der Waals surface area contributed by atoms with Gasteiger partial charge in [0.25, 0.3) is 0 Å². The zero-order valence-corrected chi connectivity index (χ0v) is 13.7. The molecule has 1 aromatic carbocycles. The normalized spacial score (nSPS) is 20.1. The number of benzene rings is 1. The van der Waals surface area contributed by atoms with Gasteiger partial charge in [0.2, 0.25) is 0 Å². The lowest BCUT2D eigenvalue weighted by molar-refractivity contribution is -0.139. The highest BCUT2D eigenvalue weighted by molar-refractivity contribution is 5.69. The van der Waals surface area contributed by atoms with E-state index >= 15 is 0 Å². The van der Waals surface area contributed by atoms with Crippen LogP contribution in [0.3, 0.4) is 0 Å². The van der Waals surface area contributed by atoms with Gasteiger partial charge in [-0.3, -0.25) is 14.6 Å². The molecule has 1 unspecified atom stereocenters. The number of carboxylic acid groups (broad SMARTS) is 1. The van der Waals surface area contributed by atoms with Gasteiger partial charge in [-0.25, -0.2) is 0 Å². The molecule has 0 amide bonds. The van der Waals surface area contributed by atoms with E-state index < -0.39 is 17.7 Å². The van der Waals surface area contributed by atoms with Crippen molar-refractivity contribution in [1.82, 2.24) is 9.80 Å². The number of rotatable bonds is 5. The Labute approximate surface area is 139 Å². The van der Waals surface area contributed by atoms with Crippen LogP contribution in [0.1, 0.15) is 30.4 Å². The highest BCUT2D eigenvalue weighted by Crippen LogP contribution is 2.32. The molecule has 7 heteroatoms. The molecule has 1 heterocycles. The molecular formula is C17H23F3N2O2. The first-order valence-corrected chi connectivity index (χ1v) is 8.07. The topological polar surface area (TPSA) is 43.8 Å². The van der Waals surface area contributed by atoms with Gasteiger partial charge in [-0.15, -0.1) is 0 Å². The molecule has 0 aliphatic carbocycles. The Hall–Kier alpha value is -1.60. The van der Waals surface area contributed by atoms with Crippen molar-refractivity contribution in [2.45, 2.75) is 38.0 Å². The summed E-state index contributed by atoms with van der Waals surface area (Å²) in [5, 5.41) is 8.88. The van der Waals surface area contributed by atoms with Crippen LogP contribution in [-0.2, 0) is 17.5 Å². The number of alkyl halides is 3. The van der Waals surface area contributed by atoms with Crippen LogP contribution in [0.4, 0.5) is 13.2 Å². The largest absolute Gasteiger partial charge is 0.480 e. The number of carboxylic acids is 1. The van der Waals surface area contributed by atoms with E-state index in [4.69, 9.17) is 5.11 Å². The number of halogens is 3. The second-order valence-electron chi connectivity index (χ2n) is 6.32. The number of carbonyl (C=O) groups is 1. The molecule has 1 atom stereocenters. The van der Waals surface area contributed by atoms with Gasteiger partial charge in [-0.2, -0.15) is 13.2 Å². The van der Waals surface area contributed by atoms with Gasteiger partial charge >= 0.3 is 12.1 Å². The molecule has 24 heavy (non-hydrogen) atoms. The quantitative estimate of drug-likeness (QED) is 0.892. The summed E-state index contributed by atoms with van der Waals surface area (Å²) in [7, 11) is 1.79. The van der Waals surface area contributed by atoms with Crippen LogP contribution in [0.2, 0.25) is 0 Å². The molecule has 134 valence electrons. The Morgan fingerprint density at radius 2 is 2.00 bits per heavy atom. The minimum absolute atomic E-state index is 0.0123. The minimum atomic E-state index is -4.34. The summed E-state index contributed by atoms with van der Waals surface area (Å²) >= 11 is 0. The fourth-order valence-electron chi connectivity index (χ4n) is 3.26. The van der Waals surface area contributed by atoms with Gasteiger partial charge in [0.1, 0.15) is 0 Å². The molecular weight excluding hydrogens is 321 g/mol. The molecule has 0 saturated carbocycles. The summed E-state index contributed by atoms with van der Waals surface area (Å²) in [6.07, 6.45) is -1.87. The Morgan fingerprint density at radius 3 is 2.67 bits per heavy atom. The maximum absolute atomic E-state index is 13.1. The van der Waals surface area contributed by atoms with Crippen molar-refractivity contribution in [1.29, 1.82) is 0 Å². The van der Waals surface area contributed by atoms with Crippen LogP contribution in [0.5, 0.6) is 0 Å². The van der Waals surface area contributed by atoms with Crippen LogP contribution >= 0.6 is 0 Å². The predicted molar refractivity (Wildman–Crippen MR) is 84.6 cm³/mol. The van der Waals surface area contributed by atoms with E-state index in [1.807, 2.05) is 9.80 Å². The second-order valence-corrected chi connectivity index (χ2v) is 6.32. The molecule has 2 rings (SSSR count). The van der Waals surface area contributed by atoms with Gasteiger partial charge in [0.05, 0.1) is 12.1 Å². The number of hydrogen-bond donors (Lipinski definition) is 1. The summed E-state index contributed by atoms with van der Waals surface area (Å²) in [4.78, 5) is 14.7. The van der Waals surface area contributed by atoms with Crippen LogP contribution < -0.4 is 0 Å². The molecule has 1 saturated heterocycles. The van der Waals surface area contributed by atoms with Crippen molar-refractivity contribution in [2.75, 3.05) is 26.7 Å². The van der Waals surface area contributed by atoms with Gasteiger partial charge in [-0.05, 0) is 51.0 Å². The zero-order valence-electron chi connectivity index (χ0n) is 13.7. The smallest absolute Gasteiger partial charge is 0.416 e. The van der Waals surface area contributed by atoms with E-state index in [0.29, 0.717) is 12.1 Å². The van der Waals surface area contributed by atoms with Crippen LogP contribution in [0, 0.1) is 0 Å². The summed E-state index contributed by atoms with van der Waals surface area (Å²) in [5.41, 5.74) is -0.281. The summed E-state index contributed by atoms with van der Waals surface area (Å²) < 4.78 is 39.3. The van der Waals surface area contributed by atoms with E-state index in [0.717, 1.165) is 31.9 Å². The number of nitrogens with zero attached hydrogens (tertiary/aromatic N) is 2. The molecule has 1 aliphatic rings. The molecule has 0 aromatic heterocycles. The molecule has 0 bridgehead atoms. The van der Waals surface area contributed by atoms with Crippen molar-refractivity contribution >= 4 is 5.97 Å². The molecule has 0 radical (unpaired) electrons. The standard InChI is InChI=1S/C17H23F3N2O2/c1-21(12-16(23)24)14-6-4-9-22(10-8-14)11-13-5-2-3-7-15(13)17(18,19)20/h2-3,5,7,14H,4,6,8-12H2,1H3,(H,23,24). The first-order valence-electron chi connectivity index (χ1n) is 8.07. The zero-order chi connectivity index (χ0) is 17.7. The Balaban J connectivity index is 1.99. The lowest BCUT2D eigenvalue weighted by atomic mass is 10.1. The number of hydrogen-bond acceptors (Lipinski definition) is 3. The molecule has 1 aromatic rings. The first kappa shape index (κ1) is 18.7. The van der Waals surface area contributed by atoms with Crippen LogP contribution in [-0.4, -0.2) is 53.6 Å². The summed E-state index contributed by atoms with van der Waals surface area (Å²) in [5.74, 6) is -0.863. The fourth-order valence-corrected chi connectivity index (χ4v) is 3.26. The van der Waals surface area contributed by atoms with Crippen molar-refractivity contribution in [3.8, 4) is 0 Å². The lowest BCUT2D eigenvalue weighted by Gasteiger charge is -2.26. The van der Waals surface area contributed by atoms with E-state index in [2.05, 4.69) is 0 Å². The Morgan fingerprint density at radius 1 is 1.29 bits per heavy atom. The van der Waals surface area contributed by atoms with E-state index in [-0.39, 0.29) is 19.1 Å². The third kappa shape index (κ3) is 5.21. The Bertz CT molecular complexity index is 563. The van der Waals surface area contributed by atoms with Crippen LogP contribution in [0.15, 0.2) is 24.3 Å². The van der Waals surface area contributed by atoms with Crippen molar-refractivity contribution in [3.63, 3.8) is 0 Å².